The first-order valence-electron chi connectivity index (χ1n) is 35.4. The van der Waals surface area contributed by atoms with Crippen molar-refractivity contribution in [2.45, 2.75) is 143 Å². The Labute approximate surface area is 580 Å². The zero-order valence-electron chi connectivity index (χ0n) is 57.0. The molecule has 9 aromatic rings. The third-order valence-electron chi connectivity index (χ3n) is 17.9. The number of aliphatic hydroxyl groups excluding tert-OH is 1. The van der Waals surface area contributed by atoms with E-state index in [4.69, 9.17) is 33.5 Å². The molecule has 2 saturated heterocycles. The van der Waals surface area contributed by atoms with Crippen molar-refractivity contribution in [2.75, 3.05) is 102 Å². The van der Waals surface area contributed by atoms with Gasteiger partial charge in [-0.15, -0.1) is 22.7 Å². The molecule has 0 unspecified atom stereocenters. The molecule has 5 aromatic carbocycles. The van der Waals surface area contributed by atoms with E-state index in [1.54, 1.807) is 59.1 Å². The summed E-state index contributed by atoms with van der Waals surface area (Å²) in [5.74, 6) is 1.74. The Balaban J connectivity index is 0.000000200. The summed E-state index contributed by atoms with van der Waals surface area (Å²) in [5.41, 5.74) is 3.47. The van der Waals surface area contributed by atoms with Gasteiger partial charge in [0.1, 0.15) is 17.2 Å². The Morgan fingerprint density at radius 1 is 0.423 bits per heavy atom. The van der Waals surface area contributed by atoms with Crippen LogP contribution >= 0.6 is 22.7 Å². The van der Waals surface area contributed by atoms with Gasteiger partial charge in [0.15, 0.2) is 13.5 Å². The molecule has 0 bridgehead atoms. The van der Waals surface area contributed by atoms with Crippen molar-refractivity contribution in [3.63, 3.8) is 0 Å². The molecule has 2 fully saturated rings. The minimum atomic E-state index is -0.876. The van der Waals surface area contributed by atoms with Crippen molar-refractivity contribution in [1.29, 1.82) is 0 Å². The fourth-order valence-corrected chi connectivity index (χ4v) is 14.0. The molecule has 0 saturated carbocycles. The molecule has 97 heavy (non-hydrogen) atoms. The second-order valence-corrected chi connectivity index (χ2v) is 26.8. The molecule has 0 aliphatic carbocycles. The number of pyridine rings is 2. The molecule has 19 heteroatoms. The van der Waals surface area contributed by atoms with E-state index in [2.05, 4.69) is 92.7 Å². The number of aliphatic hydroxyl groups is 1. The minimum Gasteiger partial charge on any atom is -0.494 e. The van der Waals surface area contributed by atoms with Gasteiger partial charge in [-0.05, 0) is 158 Å². The summed E-state index contributed by atoms with van der Waals surface area (Å²) < 4.78 is 38.5. The zero-order valence-corrected chi connectivity index (χ0v) is 58.6. The summed E-state index contributed by atoms with van der Waals surface area (Å²) in [6.45, 7) is 16.4. The van der Waals surface area contributed by atoms with E-state index < -0.39 is 12.3 Å². The number of fused-ring (bicyclic) bond motifs is 4. The first-order valence-corrected chi connectivity index (χ1v) is 37.1. The van der Waals surface area contributed by atoms with Gasteiger partial charge in [-0.1, -0.05) is 121 Å². The maximum Gasteiger partial charge on any atom is 0.515 e. The van der Waals surface area contributed by atoms with E-state index in [0.29, 0.717) is 54.7 Å². The van der Waals surface area contributed by atoms with Gasteiger partial charge >= 0.3 is 12.3 Å². The fraction of sp³-hybridized carbons (Fsp3) is 0.462. The third kappa shape index (κ3) is 23.4. The van der Waals surface area contributed by atoms with Crippen LogP contribution < -0.4 is 35.1 Å². The molecule has 11 rings (SSSR count). The average Bonchev–Trinajstić information content (AvgIpc) is 1.84. The number of carbonyl (C=O) groups excluding carboxylic acids is 2. The summed E-state index contributed by atoms with van der Waals surface area (Å²) >= 11 is 3.60. The predicted molar refractivity (Wildman–Crippen MR) is 396 cm³/mol. The Morgan fingerprint density at radius 3 is 1.35 bits per heavy atom. The molecule has 0 spiro atoms. The van der Waals surface area contributed by atoms with Crippen LogP contribution in [0.15, 0.2) is 160 Å². The van der Waals surface area contributed by atoms with E-state index in [9.17, 15) is 19.2 Å². The molecule has 4 aromatic heterocycles. The molecule has 6 heterocycles. The maximum atomic E-state index is 12.6. The van der Waals surface area contributed by atoms with Crippen molar-refractivity contribution in [3.05, 3.63) is 171 Å². The number of hydrogen-bond acceptors (Lipinski definition) is 17. The Bertz CT molecular complexity index is 3900. The molecular formula is C78H100N6O11S2. The molecule has 17 nitrogen and oxygen atoms in total. The normalized spacial score (nSPS) is 13.5. The van der Waals surface area contributed by atoms with Crippen LogP contribution in [0.5, 0.6) is 17.2 Å². The van der Waals surface area contributed by atoms with Crippen LogP contribution in [0.2, 0.25) is 0 Å². The lowest BCUT2D eigenvalue weighted by Crippen LogP contribution is -2.46. The van der Waals surface area contributed by atoms with E-state index in [-0.39, 0.29) is 24.6 Å². The Hall–Kier alpha value is -7.94. The smallest absolute Gasteiger partial charge is 0.494 e. The first kappa shape index (κ1) is 73.3. The highest BCUT2D eigenvalue weighted by Crippen LogP contribution is 2.33. The third-order valence-corrected chi connectivity index (χ3v) is 19.6. The topological polar surface area (TPSA) is 167 Å². The van der Waals surface area contributed by atoms with Crippen LogP contribution in [-0.2, 0) is 27.7 Å². The van der Waals surface area contributed by atoms with E-state index >= 15 is 0 Å². The van der Waals surface area contributed by atoms with Gasteiger partial charge in [0.2, 0.25) is 0 Å². The first-order chi connectivity index (χ1) is 47.7. The maximum absolute atomic E-state index is 12.6. The molecule has 520 valence electrons. The molecule has 0 amide bonds. The van der Waals surface area contributed by atoms with Crippen LogP contribution in [-0.4, -0.2) is 128 Å². The Morgan fingerprint density at radius 2 is 0.866 bits per heavy atom. The second kappa shape index (κ2) is 40.7. The van der Waals surface area contributed by atoms with Gasteiger partial charge in [0.25, 0.3) is 11.1 Å². The van der Waals surface area contributed by atoms with Crippen molar-refractivity contribution >= 4 is 88.3 Å². The number of para-hydroxylation sites is 1. The van der Waals surface area contributed by atoms with Crippen molar-refractivity contribution in [1.82, 2.24) is 18.9 Å². The molecule has 2 aliphatic heterocycles. The number of thiophene rings is 2. The minimum absolute atomic E-state index is 0.203. The number of nitrogens with zero attached hydrogens (tertiary/aromatic N) is 6. The van der Waals surface area contributed by atoms with Crippen LogP contribution in [0, 0.1) is 0 Å². The summed E-state index contributed by atoms with van der Waals surface area (Å²) in [4.78, 5) is 59.6. The highest BCUT2D eigenvalue weighted by Gasteiger charge is 2.21. The van der Waals surface area contributed by atoms with Gasteiger partial charge in [0, 0.05) is 115 Å². The van der Waals surface area contributed by atoms with Crippen molar-refractivity contribution in [3.8, 4) is 17.2 Å². The number of piperazine rings is 2. The van der Waals surface area contributed by atoms with E-state index in [1.807, 2.05) is 42.5 Å². The number of ether oxygens (including phenoxy) is 6. The summed E-state index contributed by atoms with van der Waals surface area (Å²) in [5, 5.41) is 17.3. The SMILES string of the molecule is CCCCCCCCCO.CCCCCCCCCOC(=O)OCn1c(=O)ccc2ccc(OCCCCN3CCN(c4cccc5sccc45)CC3)cc21.O=C(OCn1c(=O)ccc2ccc(OCCCCN3CCN(c4cccc5sccc45)CC3)cc21)Oc1ccccc1. The van der Waals surface area contributed by atoms with Crippen LogP contribution in [0.1, 0.15) is 129 Å². The van der Waals surface area contributed by atoms with Crippen LogP contribution in [0.4, 0.5) is 21.0 Å². The van der Waals surface area contributed by atoms with Crippen LogP contribution in [0.3, 0.4) is 0 Å². The number of benzene rings is 5. The largest absolute Gasteiger partial charge is 0.515 e. The van der Waals surface area contributed by atoms with Gasteiger partial charge in [-0.3, -0.25) is 28.5 Å². The number of unbranched alkanes of at least 4 members (excludes halogenated alkanes) is 14. The Kier molecular flexibility index (Phi) is 30.8. The standard InChI is InChI=1S/C36H47N3O5S.C33H33N3O5S.C9H20O/c1-2-3-4-5-6-7-9-25-43-36(41)44-28-39-33-27-30(16-14-29(33)15-17-35(39)40)42-24-10-8-19-37-20-22-38(23-21-37)32-12-11-13-34-31(32)18-26-45-34;37-32-14-12-25-11-13-27(23-30(25)36(32)24-40-33(38)41-26-7-2-1-3-8-26)39-21-5-4-16-34-17-19-35(20-18-34)29-9-6-10-31-28(29)15-22-42-31;1-2-3-4-5-6-7-8-9-10/h11-18,26-27H,2-10,19-25,28H2,1H3;1-3,6-15,22-23H,4-5,16-21,24H2;10H,2-9H2,1H3. The number of hydrogen-bond donors (Lipinski definition) is 1. The van der Waals surface area contributed by atoms with Gasteiger partial charge in [-0.2, -0.15) is 0 Å². The number of rotatable bonds is 34. The number of anilines is 2. The van der Waals surface area contributed by atoms with Crippen molar-refractivity contribution < 1.29 is 43.1 Å². The van der Waals surface area contributed by atoms with Gasteiger partial charge in [0.05, 0.1) is 30.9 Å². The van der Waals surface area contributed by atoms with Gasteiger partial charge < -0.3 is 43.3 Å². The zero-order chi connectivity index (χ0) is 67.7. The van der Waals surface area contributed by atoms with E-state index in [0.717, 1.165) is 128 Å². The monoisotopic (exact) mass is 1360 g/mol. The van der Waals surface area contributed by atoms with E-state index in [1.165, 1.54) is 117 Å². The second-order valence-electron chi connectivity index (χ2n) is 24.9. The quantitative estimate of drug-likeness (QED) is 0.0230. The van der Waals surface area contributed by atoms with Crippen molar-refractivity contribution in [2.24, 2.45) is 0 Å². The highest BCUT2D eigenvalue weighted by molar-refractivity contribution is 7.17. The fourth-order valence-electron chi connectivity index (χ4n) is 12.3. The average molecular weight is 1360 g/mol. The summed E-state index contributed by atoms with van der Waals surface area (Å²) in [6.07, 6.45) is 19.3. The lowest BCUT2D eigenvalue weighted by molar-refractivity contribution is 0.0331. The number of aromatic nitrogens is 2. The van der Waals surface area contributed by atoms with Crippen LogP contribution in [0.25, 0.3) is 42.0 Å². The summed E-state index contributed by atoms with van der Waals surface area (Å²) in [7, 11) is 0. The summed E-state index contributed by atoms with van der Waals surface area (Å²) in [6, 6.07) is 44.1. The molecule has 0 atom stereocenters. The lowest BCUT2D eigenvalue weighted by atomic mass is 10.1. The number of carbonyl (C=O) groups is 2. The highest BCUT2D eigenvalue weighted by atomic mass is 32.1. The molecule has 1 N–H and O–H groups in total. The molecule has 2 aliphatic rings. The van der Waals surface area contributed by atoms with Gasteiger partial charge in [-0.25, -0.2) is 9.59 Å². The molecular weight excluding hydrogens is 1260 g/mol. The lowest BCUT2D eigenvalue weighted by Gasteiger charge is -2.36. The predicted octanol–water partition coefficient (Wildman–Crippen LogP) is 17.2. The molecule has 0 radical (unpaired) electrons.